The monoisotopic (exact) mass is 354 g/mol. The van der Waals surface area contributed by atoms with E-state index in [9.17, 15) is 9.59 Å². The van der Waals surface area contributed by atoms with Crippen molar-refractivity contribution in [3.05, 3.63) is 27.2 Å². The smallest absolute Gasteiger partial charge is 0.303 e. The number of ether oxygens (including phenoxy) is 3. The number of hydrogen-bond acceptors (Lipinski definition) is 5. The van der Waals surface area contributed by atoms with Gasteiger partial charge in [0, 0.05) is 19.9 Å². The van der Waals surface area contributed by atoms with E-state index >= 15 is 0 Å². The number of benzene rings is 1. The second-order valence-electron chi connectivity index (χ2n) is 4.04. The Morgan fingerprint density at radius 1 is 1.00 bits per heavy atom. The number of hydrogen-bond donors (Lipinski definition) is 0. The van der Waals surface area contributed by atoms with Gasteiger partial charge in [-0.25, -0.2) is 0 Å². The first-order valence-corrected chi connectivity index (χ1v) is 7.01. The van der Waals surface area contributed by atoms with E-state index < -0.39 is 18.0 Å². The normalized spacial score (nSPS) is 11.7. The molecule has 0 radical (unpaired) electrons. The van der Waals surface area contributed by atoms with Crippen LogP contribution in [0.2, 0.25) is 15.1 Å². The maximum absolute atomic E-state index is 11.0. The molecule has 0 saturated carbocycles. The molecule has 0 saturated heterocycles. The topological polar surface area (TPSA) is 61.8 Å². The van der Waals surface area contributed by atoms with Gasteiger partial charge in [-0.3, -0.25) is 9.59 Å². The molecule has 21 heavy (non-hydrogen) atoms. The molecule has 0 aliphatic rings. The summed E-state index contributed by atoms with van der Waals surface area (Å²) in [6.07, 6.45) is -0.753. The Bertz CT molecular complexity index is 533. The molecule has 5 nitrogen and oxygen atoms in total. The molecule has 0 fully saturated rings. The highest BCUT2D eigenvalue weighted by Gasteiger charge is 2.16. The Balaban J connectivity index is 2.69. The summed E-state index contributed by atoms with van der Waals surface area (Å²) in [6, 6.07) is 2.89. The summed E-state index contributed by atoms with van der Waals surface area (Å²) in [7, 11) is 0. The standard InChI is InChI=1S/C13H13Cl3O5/c1-7(17)19-5-9(21-8(2)18)6-20-13-4-11(15)10(14)3-12(13)16/h3-4,9H,5-6H2,1-2H3. The van der Waals surface area contributed by atoms with Gasteiger partial charge in [0.05, 0.1) is 15.1 Å². The van der Waals surface area contributed by atoms with Gasteiger partial charge in [-0.15, -0.1) is 0 Å². The molecule has 1 aromatic carbocycles. The molecule has 0 heterocycles. The molecule has 1 rings (SSSR count). The molecule has 0 aliphatic carbocycles. The van der Waals surface area contributed by atoms with E-state index in [2.05, 4.69) is 0 Å². The highest BCUT2D eigenvalue weighted by Crippen LogP contribution is 2.33. The van der Waals surface area contributed by atoms with Crippen LogP contribution in [0, 0.1) is 0 Å². The SMILES string of the molecule is CC(=O)OCC(COc1cc(Cl)c(Cl)cc1Cl)OC(C)=O. The van der Waals surface area contributed by atoms with Crippen molar-refractivity contribution in [2.24, 2.45) is 0 Å². The van der Waals surface area contributed by atoms with E-state index in [0.717, 1.165) is 0 Å². The first-order valence-electron chi connectivity index (χ1n) is 5.87. The maximum atomic E-state index is 11.0. The third-order valence-electron chi connectivity index (χ3n) is 2.20. The van der Waals surface area contributed by atoms with Crippen LogP contribution in [0.25, 0.3) is 0 Å². The van der Waals surface area contributed by atoms with Crippen LogP contribution in [-0.2, 0) is 19.1 Å². The van der Waals surface area contributed by atoms with Gasteiger partial charge < -0.3 is 14.2 Å². The predicted molar refractivity (Wildman–Crippen MR) is 79.2 cm³/mol. The Hall–Kier alpha value is -1.17. The van der Waals surface area contributed by atoms with Gasteiger partial charge in [0.25, 0.3) is 0 Å². The lowest BCUT2D eigenvalue weighted by atomic mass is 10.3. The average Bonchev–Trinajstić information content (AvgIpc) is 2.37. The average molecular weight is 356 g/mol. The first kappa shape index (κ1) is 17.9. The van der Waals surface area contributed by atoms with Gasteiger partial charge in [-0.1, -0.05) is 34.8 Å². The zero-order chi connectivity index (χ0) is 16.0. The minimum absolute atomic E-state index is 0.0511. The summed E-state index contributed by atoms with van der Waals surface area (Å²) in [4.78, 5) is 21.8. The zero-order valence-electron chi connectivity index (χ0n) is 11.3. The lowest BCUT2D eigenvalue weighted by Gasteiger charge is -2.18. The third-order valence-corrected chi connectivity index (χ3v) is 3.22. The number of halogens is 3. The van der Waals surface area contributed by atoms with Crippen molar-refractivity contribution >= 4 is 46.7 Å². The lowest BCUT2D eigenvalue weighted by molar-refractivity contribution is -0.158. The van der Waals surface area contributed by atoms with Crippen LogP contribution >= 0.6 is 34.8 Å². The summed E-state index contributed by atoms with van der Waals surface area (Å²) in [5.74, 6) is -0.721. The predicted octanol–water partition coefficient (Wildman–Crippen LogP) is 3.52. The molecule has 1 atom stereocenters. The third kappa shape index (κ3) is 6.42. The molecular weight excluding hydrogens is 342 g/mol. The summed E-state index contributed by atoms with van der Waals surface area (Å²) >= 11 is 17.6. The van der Waals surface area contributed by atoms with Crippen molar-refractivity contribution in [3.63, 3.8) is 0 Å². The molecule has 1 aromatic rings. The minimum atomic E-state index is -0.753. The van der Waals surface area contributed by atoms with Crippen LogP contribution in [0.4, 0.5) is 0 Å². The van der Waals surface area contributed by atoms with Crippen LogP contribution in [-0.4, -0.2) is 31.3 Å². The number of esters is 2. The highest BCUT2D eigenvalue weighted by atomic mass is 35.5. The van der Waals surface area contributed by atoms with Crippen molar-refractivity contribution in [2.45, 2.75) is 20.0 Å². The van der Waals surface area contributed by atoms with E-state index in [-0.39, 0.29) is 29.0 Å². The summed E-state index contributed by atoms with van der Waals surface area (Å²) < 4.78 is 15.2. The number of rotatable bonds is 6. The van der Waals surface area contributed by atoms with Crippen LogP contribution < -0.4 is 4.74 Å². The van der Waals surface area contributed by atoms with Crippen molar-refractivity contribution in [3.8, 4) is 5.75 Å². The second-order valence-corrected chi connectivity index (χ2v) is 5.26. The van der Waals surface area contributed by atoms with Gasteiger partial charge in [0.1, 0.15) is 19.0 Å². The van der Waals surface area contributed by atoms with E-state index in [1.165, 1.54) is 26.0 Å². The Labute approximate surface area is 137 Å². The molecule has 0 aromatic heterocycles. The Kier molecular flexibility index (Phi) is 7.08. The van der Waals surface area contributed by atoms with Crippen molar-refractivity contribution in [1.29, 1.82) is 0 Å². The molecule has 116 valence electrons. The summed E-state index contributed by atoms with van der Waals surface area (Å²) in [5, 5.41) is 0.837. The molecule has 1 unspecified atom stereocenters. The molecular formula is C13H13Cl3O5. The second kappa shape index (κ2) is 8.32. The fourth-order valence-electron chi connectivity index (χ4n) is 1.36. The van der Waals surface area contributed by atoms with Gasteiger partial charge in [-0.05, 0) is 6.07 Å². The first-order chi connectivity index (χ1) is 9.79. The highest BCUT2D eigenvalue weighted by molar-refractivity contribution is 6.43. The van der Waals surface area contributed by atoms with Crippen LogP contribution in [0.5, 0.6) is 5.75 Å². The molecule has 0 N–H and O–H groups in total. The molecule has 0 aliphatic heterocycles. The van der Waals surface area contributed by atoms with Crippen LogP contribution in [0.1, 0.15) is 13.8 Å². The largest absolute Gasteiger partial charge is 0.488 e. The maximum Gasteiger partial charge on any atom is 0.303 e. The fraction of sp³-hybridized carbons (Fsp3) is 0.385. The lowest BCUT2D eigenvalue weighted by Crippen LogP contribution is -2.29. The van der Waals surface area contributed by atoms with Crippen molar-refractivity contribution in [1.82, 2.24) is 0 Å². The van der Waals surface area contributed by atoms with E-state index in [0.29, 0.717) is 5.02 Å². The summed E-state index contributed by atoms with van der Waals surface area (Å²) in [5.41, 5.74) is 0. The van der Waals surface area contributed by atoms with E-state index in [1.807, 2.05) is 0 Å². The molecule has 8 heteroatoms. The van der Waals surface area contributed by atoms with Crippen LogP contribution in [0.3, 0.4) is 0 Å². The van der Waals surface area contributed by atoms with Gasteiger partial charge in [0.2, 0.25) is 0 Å². The summed E-state index contributed by atoms with van der Waals surface area (Å²) in [6.45, 7) is 2.33. The molecule has 0 spiro atoms. The quantitative estimate of drug-likeness (QED) is 0.577. The minimum Gasteiger partial charge on any atom is -0.488 e. The Morgan fingerprint density at radius 2 is 1.62 bits per heavy atom. The van der Waals surface area contributed by atoms with Gasteiger partial charge in [-0.2, -0.15) is 0 Å². The van der Waals surface area contributed by atoms with Crippen LogP contribution in [0.15, 0.2) is 12.1 Å². The fourth-order valence-corrected chi connectivity index (χ4v) is 1.95. The van der Waals surface area contributed by atoms with E-state index in [4.69, 9.17) is 49.0 Å². The van der Waals surface area contributed by atoms with E-state index in [1.54, 1.807) is 0 Å². The van der Waals surface area contributed by atoms with Gasteiger partial charge in [0.15, 0.2) is 6.10 Å². The van der Waals surface area contributed by atoms with Crippen molar-refractivity contribution < 1.29 is 23.8 Å². The zero-order valence-corrected chi connectivity index (χ0v) is 13.6. The number of carbonyl (C=O) groups is 2. The van der Waals surface area contributed by atoms with Gasteiger partial charge >= 0.3 is 11.9 Å². The Morgan fingerprint density at radius 3 is 2.19 bits per heavy atom. The number of carbonyl (C=O) groups excluding carboxylic acids is 2. The van der Waals surface area contributed by atoms with Crippen molar-refractivity contribution in [2.75, 3.05) is 13.2 Å². The molecule has 0 bridgehead atoms. The molecule has 0 amide bonds.